The average Bonchev–Trinajstić information content (AvgIpc) is 3.03. The van der Waals surface area contributed by atoms with Gasteiger partial charge in [-0.1, -0.05) is 43.7 Å². The van der Waals surface area contributed by atoms with Gasteiger partial charge in [-0.05, 0) is 76.0 Å². The Bertz CT molecular complexity index is 815. The normalized spacial score (nSPS) is 25.8. The van der Waals surface area contributed by atoms with E-state index >= 15 is 0 Å². The van der Waals surface area contributed by atoms with Crippen molar-refractivity contribution in [2.75, 3.05) is 33.2 Å². The number of likely N-dealkylation sites (tertiary alicyclic amines) is 1. The molecule has 0 radical (unpaired) electrons. The fourth-order valence-electron chi connectivity index (χ4n) is 5.60. The molecule has 1 heterocycles. The molecule has 4 nitrogen and oxygen atoms in total. The smallest absolute Gasteiger partial charge is 0.346 e. The third kappa shape index (κ3) is 5.20. The number of alkyl halides is 3. The molecule has 1 fully saturated rings. The van der Waals surface area contributed by atoms with Crippen molar-refractivity contribution in [2.24, 2.45) is 0 Å². The van der Waals surface area contributed by atoms with Crippen molar-refractivity contribution in [3.63, 3.8) is 0 Å². The number of fused-ring (bicyclic) bond motifs is 1. The standard InChI is InChI=1S/C25H36F3N3O/c1-4-21-18(2)20-9-5-6-10-22(20)24(21,23(32)30-17-25(26,27)28)13-7-8-14-31-15-11-19(29-3)12-16-31/h4-6,9-10,18-19,29H,7-8,11-17H2,1-3H3,(H,30,32)/b21-4+. The minimum Gasteiger partial charge on any atom is -0.346 e. The number of benzene rings is 1. The van der Waals surface area contributed by atoms with E-state index in [0.29, 0.717) is 12.5 Å². The number of amides is 1. The molecule has 0 spiro atoms. The molecule has 1 amide bonds. The lowest BCUT2D eigenvalue weighted by Crippen LogP contribution is -2.47. The summed E-state index contributed by atoms with van der Waals surface area (Å²) >= 11 is 0. The molecule has 0 saturated carbocycles. The van der Waals surface area contributed by atoms with Gasteiger partial charge in [-0.15, -0.1) is 0 Å². The van der Waals surface area contributed by atoms with Gasteiger partial charge in [-0.2, -0.15) is 13.2 Å². The monoisotopic (exact) mass is 451 g/mol. The second-order valence-corrected chi connectivity index (χ2v) is 9.12. The number of carbonyl (C=O) groups is 1. The van der Waals surface area contributed by atoms with Crippen molar-refractivity contribution in [3.8, 4) is 0 Å². The summed E-state index contributed by atoms with van der Waals surface area (Å²) in [5.41, 5.74) is 1.77. The summed E-state index contributed by atoms with van der Waals surface area (Å²) < 4.78 is 38.7. The van der Waals surface area contributed by atoms with Crippen molar-refractivity contribution in [1.82, 2.24) is 15.5 Å². The largest absolute Gasteiger partial charge is 0.405 e. The first-order chi connectivity index (χ1) is 15.2. The van der Waals surface area contributed by atoms with Gasteiger partial charge in [0.25, 0.3) is 0 Å². The van der Waals surface area contributed by atoms with E-state index in [9.17, 15) is 18.0 Å². The second-order valence-electron chi connectivity index (χ2n) is 9.12. The summed E-state index contributed by atoms with van der Waals surface area (Å²) in [6.45, 7) is 5.69. The lowest BCUT2D eigenvalue weighted by Gasteiger charge is -2.34. The highest BCUT2D eigenvalue weighted by Crippen LogP contribution is 2.53. The van der Waals surface area contributed by atoms with Gasteiger partial charge < -0.3 is 15.5 Å². The molecule has 2 atom stereocenters. The van der Waals surface area contributed by atoms with Crippen LogP contribution in [0, 0.1) is 0 Å². The predicted octanol–water partition coefficient (Wildman–Crippen LogP) is 4.52. The Morgan fingerprint density at radius 1 is 1.22 bits per heavy atom. The van der Waals surface area contributed by atoms with Gasteiger partial charge in [0.2, 0.25) is 5.91 Å². The summed E-state index contributed by atoms with van der Waals surface area (Å²) in [6, 6.07) is 8.30. The number of nitrogens with zero attached hydrogens (tertiary/aromatic N) is 1. The molecule has 178 valence electrons. The van der Waals surface area contributed by atoms with Crippen LogP contribution in [0.5, 0.6) is 0 Å². The molecule has 7 heteroatoms. The summed E-state index contributed by atoms with van der Waals surface area (Å²) in [5.74, 6) is -0.525. The van der Waals surface area contributed by atoms with E-state index in [1.165, 1.54) is 0 Å². The third-order valence-corrected chi connectivity index (χ3v) is 7.27. The summed E-state index contributed by atoms with van der Waals surface area (Å²) in [5, 5.41) is 5.55. The lowest BCUT2D eigenvalue weighted by molar-refractivity contribution is -0.141. The van der Waals surface area contributed by atoms with Crippen LogP contribution in [0.3, 0.4) is 0 Å². The van der Waals surface area contributed by atoms with E-state index in [0.717, 1.165) is 62.0 Å². The first kappa shape index (κ1) is 24.8. The molecule has 1 aliphatic carbocycles. The Hall–Kier alpha value is -1.86. The number of carbonyl (C=O) groups excluding carboxylic acids is 1. The van der Waals surface area contributed by atoms with Crippen LogP contribution in [0.25, 0.3) is 0 Å². The molecule has 32 heavy (non-hydrogen) atoms. The quantitative estimate of drug-likeness (QED) is 0.451. The van der Waals surface area contributed by atoms with Crippen LogP contribution < -0.4 is 10.6 Å². The highest BCUT2D eigenvalue weighted by atomic mass is 19.4. The summed E-state index contributed by atoms with van der Waals surface area (Å²) in [7, 11) is 2.00. The van der Waals surface area contributed by atoms with Gasteiger partial charge in [0.15, 0.2) is 0 Å². The molecule has 0 bridgehead atoms. The third-order valence-electron chi connectivity index (χ3n) is 7.27. The molecule has 1 aromatic carbocycles. The van der Waals surface area contributed by atoms with E-state index in [1.54, 1.807) is 0 Å². The summed E-state index contributed by atoms with van der Waals surface area (Å²) in [4.78, 5) is 15.8. The fourth-order valence-corrected chi connectivity index (χ4v) is 5.60. The maximum Gasteiger partial charge on any atom is 0.405 e. The molecule has 0 aromatic heterocycles. The highest BCUT2D eigenvalue weighted by Gasteiger charge is 2.51. The Morgan fingerprint density at radius 3 is 2.53 bits per heavy atom. The van der Waals surface area contributed by atoms with Gasteiger partial charge in [0, 0.05) is 12.0 Å². The first-order valence-electron chi connectivity index (χ1n) is 11.7. The number of hydrogen-bond acceptors (Lipinski definition) is 3. The van der Waals surface area contributed by atoms with E-state index in [2.05, 4.69) is 15.5 Å². The Morgan fingerprint density at radius 2 is 1.91 bits per heavy atom. The van der Waals surface area contributed by atoms with Gasteiger partial charge in [-0.25, -0.2) is 0 Å². The van der Waals surface area contributed by atoms with E-state index in [-0.39, 0.29) is 5.92 Å². The second kappa shape index (κ2) is 10.4. The van der Waals surface area contributed by atoms with Crippen LogP contribution in [-0.4, -0.2) is 56.3 Å². The summed E-state index contributed by atoms with van der Waals surface area (Å²) in [6.07, 6.45) is 1.98. The van der Waals surface area contributed by atoms with Gasteiger partial charge in [0.05, 0.1) is 5.41 Å². The number of halogens is 3. The SMILES string of the molecule is C/C=C1\C(C)c2ccccc2C1(CCCCN1CCC(NC)CC1)C(=O)NCC(F)(F)F. The number of allylic oxidation sites excluding steroid dienone is 1. The number of unbranched alkanes of at least 4 members (excludes halogenated alkanes) is 1. The van der Waals surface area contributed by atoms with Crippen LogP contribution >= 0.6 is 0 Å². The zero-order valence-corrected chi connectivity index (χ0v) is 19.4. The average molecular weight is 452 g/mol. The minimum atomic E-state index is -4.43. The maximum atomic E-state index is 13.4. The van der Waals surface area contributed by atoms with E-state index in [4.69, 9.17) is 0 Å². The number of hydrogen-bond donors (Lipinski definition) is 2. The maximum absolute atomic E-state index is 13.4. The van der Waals surface area contributed by atoms with Crippen LogP contribution in [0.15, 0.2) is 35.9 Å². The predicted molar refractivity (Wildman–Crippen MR) is 122 cm³/mol. The van der Waals surface area contributed by atoms with Crippen molar-refractivity contribution in [3.05, 3.63) is 47.0 Å². The first-order valence-corrected chi connectivity index (χ1v) is 11.7. The van der Waals surface area contributed by atoms with Crippen molar-refractivity contribution in [1.29, 1.82) is 0 Å². The van der Waals surface area contributed by atoms with E-state index < -0.39 is 24.0 Å². The fraction of sp³-hybridized carbons (Fsp3) is 0.640. The lowest BCUT2D eigenvalue weighted by atomic mass is 9.72. The topological polar surface area (TPSA) is 44.4 Å². The van der Waals surface area contributed by atoms with Gasteiger partial charge in [-0.3, -0.25) is 4.79 Å². The number of rotatable bonds is 8. The number of piperidine rings is 1. The molecular weight excluding hydrogens is 415 g/mol. The molecule has 2 aliphatic rings. The molecule has 3 rings (SSSR count). The molecular formula is C25H36F3N3O. The highest BCUT2D eigenvalue weighted by molar-refractivity contribution is 5.94. The Kier molecular flexibility index (Phi) is 8.04. The van der Waals surface area contributed by atoms with Crippen LogP contribution in [-0.2, 0) is 10.2 Å². The molecule has 2 unspecified atom stereocenters. The van der Waals surface area contributed by atoms with Crippen molar-refractivity contribution >= 4 is 5.91 Å². The molecule has 2 N–H and O–H groups in total. The van der Waals surface area contributed by atoms with Crippen LogP contribution in [0.4, 0.5) is 13.2 Å². The Labute approximate surface area is 189 Å². The zero-order valence-electron chi connectivity index (χ0n) is 19.4. The van der Waals surface area contributed by atoms with Gasteiger partial charge >= 0.3 is 6.18 Å². The van der Waals surface area contributed by atoms with E-state index in [1.807, 2.05) is 51.2 Å². The van der Waals surface area contributed by atoms with Crippen molar-refractivity contribution in [2.45, 2.75) is 69.5 Å². The molecule has 1 aromatic rings. The Balaban J connectivity index is 1.76. The molecule has 1 aliphatic heterocycles. The number of nitrogens with one attached hydrogen (secondary N) is 2. The van der Waals surface area contributed by atoms with Crippen molar-refractivity contribution < 1.29 is 18.0 Å². The molecule has 1 saturated heterocycles. The minimum absolute atomic E-state index is 0.00779. The van der Waals surface area contributed by atoms with Gasteiger partial charge in [0.1, 0.15) is 6.54 Å². The van der Waals surface area contributed by atoms with Crippen LogP contribution in [0.1, 0.15) is 63.0 Å². The van der Waals surface area contributed by atoms with Crippen LogP contribution in [0.2, 0.25) is 0 Å². The zero-order chi connectivity index (χ0) is 23.4.